The molecular weight excluding hydrogens is 384 g/mol. The van der Waals surface area contributed by atoms with Gasteiger partial charge < -0.3 is 25.6 Å². The fourth-order valence-corrected chi connectivity index (χ4v) is 3.12. The summed E-state index contributed by atoms with van der Waals surface area (Å²) in [5.74, 6) is -0.0214. The fourth-order valence-electron chi connectivity index (χ4n) is 3.12. The number of rotatable bonds is 6. The second-order valence-corrected chi connectivity index (χ2v) is 7.44. The van der Waals surface area contributed by atoms with Crippen molar-refractivity contribution in [2.75, 3.05) is 29.2 Å². The summed E-state index contributed by atoms with van der Waals surface area (Å²) in [6, 6.07) is 11.9. The van der Waals surface area contributed by atoms with Crippen molar-refractivity contribution in [3.8, 4) is 5.75 Å². The molecule has 4 amide bonds. The molecule has 3 N–H and O–H groups in total. The molecule has 0 aromatic heterocycles. The van der Waals surface area contributed by atoms with Crippen LogP contribution in [0.25, 0.3) is 0 Å². The number of nitrogens with one attached hydrogen (secondary N) is 3. The van der Waals surface area contributed by atoms with Crippen LogP contribution in [0, 0.1) is 5.92 Å². The Bertz CT molecular complexity index is 927. The largest absolute Gasteiger partial charge is 0.497 e. The minimum Gasteiger partial charge on any atom is -0.497 e. The van der Waals surface area contributed by atoms with Gasteiger partial charge in [0.2, 0.25) is 0 Å². The van der Waals surface area contributed by atoms with Crippen LogP contribution in [0.3, 0.4) is 0 Å². The number of carbonyl (C=O) groups excluding carboxylic acids is 3. The lowest BCUT2D eigenvalue weighted by molar-refractivity contribution is -0.127. The van der Waals surface area contributed by atoms with Crippen molar-refractivity contribution < 1.29 is 19.1 Å². The lowest BCUT2D eigenvalue weighted by atomic mass is 10.1. The van der Waals surface area contributed by atoms with Gasteiger partial charge in [-0.3, -0.25) is 9.59 Å². The second kappa shape index (κ2) is 9.30. The molecule has 1 unspecified atom stereocenters. The van der Waals surface area contributed by atoms with E-state index < -0.39 is 23.9 Å². The summed E-state index contributed by atoms with van der Waals surface area (Å²) in [7, 11) is 1.55. The highest BCUT2D eigenvalue weighted by Crippen LogP contribution is 2.29. The third-order valence-corrected chi connectivity index (χ3v) is 4.78. The Morgan fingerprint density at radius 3 is 2.50 bits per heavy atom. The van der Waals surface area contributed by atoms with Gasteiger partial charge in [-0.15, -0.1) is 0 Å². The van der Waals surface area contributed by atoms with E-state index in [1.807, 2.05) is 6.07 Å². The van der Waals surface area contributed by atoms with Crippen LogP contribution in [0.1, 0.15) is 20.3 Å². The smallest absolute Gasteiger partial charge is 0.320 e. The highest BCUT2D eigenvalue weighted by atomic mass is 16.5. The summed E-state index contributed by atoms with van der Waals surface area (Å²) in [5.41, 5.74) is 1.67. The zero-order valence-corrected chi connectivity index (χ0v) is 17.3. The number of amides is 4. The Kier molecular flexibility index (Phi) is 6.56. The SMILES string of the molecule is COc1ccc(NC(=O)NC2C(=O)Nc3ccccc3N(CCC(C)C)C2=O)cc1. The summed E-state index contributed by atoms with van der Waals surface area (Å²) in [6.07, 6.45) is 0.763. The molecule has 2 aromatic rings. The van der Waals surface area contributed by atoms with Gasteiger partial charge in [0.15, 0.2) is 6.04 Å². The number of carbonyl (C=O) groups is 3. The summed E-state index contributed by atoms with van der Waals surface area (Å²) in [6.45, 7) is 4.58. The number of methoxy groups -OCH3 is 1. The zero-order valence-electron chi connectivity index (χ0n) is 17.3. The molecule has 30 heavy (non-hydrogen) atoms. The van der Waals surface area contributed by atoms with E-state index in [0.29, 0.717) is 35.3 Å². The maximum atomic E-state index is 13.2. The number of para-hydroxylation sites is 2. The number of nitrogens with zero attached hydrogens (tertiary/aromatic N) is 1. The molecule has 0 bridgehead atoms. The monoisotopic (exact) mass is 410 g/mol. The highest BCUT2D eigenvalue weighted by molar-refractivity contribution is 6.20. The van der Waals surface area contributed by atoms with E-state index >= 15 is 0 Å². The van der Waals surface area contributed by atoms with Crippen LogP contribution in [-0.2, 0) is 9.59 Å². The predicted octanol–water partition coefficient (Wildman–Crippen LogP) is 3.22. The van der Waals surface area contributed by atoms with Crippen molar-refractivity contribution >= 4 is 34.9 Å². The van der Waals surface area contributed by atoms with E-state index in [9.17, 15) is 14.4 Å². The van der Waals surface area contributed by atoms with Gasteiger partial charge in [-0.05, 0) is 48.7 Å². The maximum Gasteiger partial charge on any atom is 0.320 e. The van der Waals surface area contributed by atoms with Crippen LogP contribution < -0.4 is 25.6 Å². The average Bonchev–Trinajstić information content (AvgIpc) is 2.82. The molecule has 0 spiro atoms. The minimum atomic E-state index is -1.34. The standard InChI is InChI=1S/C22H26N4O4/c1-14(2)12-13-26-18-7-5-4-6-17(18)24-20(27)19(21(26)28)25-22(29)23-15-8-10-16(30-3)11-9-15/h4-11,14,19H,12-13H2,1-3H3,(H,24,27)(H2,23,25,29). The Morgan fingerprint density at radius 1 is 1.13 bits per heavy atom. The first-order valence-corrected chi connectivity index (χ1v) is 9.82. The third kappa shape index (κ3) is 4.89. The Hall–Kier alpha value is -3.55. The zero-order chi connectivity index (χ0) is 21.7. The Labute approximate surface area is 175 Å². The van der Waals surface area contributed by atoms with Gasteiger partial charge in [0.25, 0.3) is 11.8 Å². The molecule has 0 aliphatic carbocycles. The summed E-state index contributed by atoms with van der Waals surface area (Å²) in [5, 5.41) is 7.88. The van der Waals surface area contributed by atoms with Gasteiger partial charge in [0, 0.05) is 12.2 Å². The first kappa shape index (κ1) is 21.2. The molecule has 1 aliphatic rings. The van der Waals surface area contributed by atoms with Crippen LogP contribution in [0.4, 0.5) is 21.9 Å². The molecule has 8 heteroatoms. The van der Waals surface area contributed by atoms with E-state index in [1.165, 1.54) is 0 Å². The highest BCUT2D eigenvalue weighted by Gasteiger charge is 2.37. The van der Waals surface area contributed by atoms with Crippen molar-refractivity contribution in [1.82, 2.24) is 5.32 Å². The Balaban J connectivity index is 1.78. The molecule has 158 valence electrons. The van der Waals surface area contributed by atoms with Crippen LogP contribution in [0.15, 0.2) is 48.5 Å². The lowest BCUT2D eigenvalue weighted by Crippen LogP contribution is -2.54. The molecule has 0 saturated carbocycles. The third-order valence-electron chi connectivity index (χ3n) is 4.78. The van der Waals surface area contributed by atoms with Gasteiger partial charge in [0.1, 0.15) is 5.75 Å². The molecule has 3 rings (SSSR count). The molecule has 1 heterocycles. The summed E-state index contributed by atoms with van der Waals surface area (Å²) < 4.78 is 5.09. The van der Waals surface area contributed by atoms with Crippen molar-refractivity contribution in [2.24, 2.45) is 5.92 Å². The summed E-state index contributed by atoms with van der Waals surface area (Å²) in [4.78, 5) is 40.0. The summed E-state index contributed by atoms with van der Waals surface area (Å²) >= 11 is 0. The number of urea groups is 1. The predicted molar refractivity (Wildman–Crippen MR) is 116 cm³/mol. The van der Waals surface area contributed by atoms with Gasteiger partial charge in [0.05, 0.1) is 18.5 Å². The molecule has 8 nitrogen and oxygen atoms in total. The van der Waals surface area contributed by atoms with E-state index in [0.717, 1.165) is 6.42 Å². The molecule has 2 aromatic carbocycles. The first-order chi connectivity index (χ1) is 14.4. The van der Waals surface area contributed by atoms with E-state index in [2.05, 4.69) is 29.8 Å². The second-order valence-electron chi connectivity index (χ2n) is 7.44. The van der Waals surface area contributed by atoms with Crippen molar-refractivity contribution in [3.05, 3.63) is 48.5 Å². The van der Waals surface area contributed by atoms with Gasteiger partial charge in [-0.2, -0.15) is 0 Å². The molecule has 0 radical (unpaired) electrons. The molecular formula is C22H26N4O4. The number of hydrogen-bond donors (Lipinski definition) is 3. The number of hydrogen-bond acceptors (Lipinski definition) is 4. The van der Waals surface area contributed by atoms with Gasteiger partial charge in [-0.1, -0.05) is 26.0 Å². The molecule has 0 fully saturated rings. The van der Waals surface area contributed by atoms with Gasteiger partial charge in [-0.25, -0.2) is 4.79 Å². The van der Waals surface area contributed by atoms with Crippen LogP contribution in [0.2, 0.25) is 0 Å². The quantitative estimate of drug-likeness (QED) is 0.637. The number of ether oxygens (including phenoxy) is 1. The molecule has 1 aliphatic heterocycles. The van der Waals surface area contributed by atoms with E-state index in [4.69, 9.17) is 4.74 Å². The number of fused-ring (bicyclic) bond motifs is 1. The van der Waals surface area contributed by atoms with E-state index in [1.54, 1.807) is 54.5 Å². The first-order valence-electron chi connectivity index (χ1n) is 9.82. The van der Waals surface area contributed by atoms with Crippen molar-refractivity contribution in [3.63, 3.8) is 0 Å². The van der Waals surface area contributed by atoms with E-state index in [-0.39, 0.29) is 0 Å². The maximum absolute atomic E-state index is 13.2. The van der Waals surface area contributed by atoms with Gasteiger partial charge >= 0.3 is 6.03 Å². The lowest BCUT2D eigenvalue weighted by Gasteiger charge is -2.25. The minimum absolute atomic E-state index is 0.377. The topological polar surface area (TPSA) is 99.8 Å². The normalized spacial score (nSPS) is 15.9. The van der Waals surface area contributed by atoms with Crippen LogP contribution in [0.5, 0.6) is 5.75 Å². The number of benzene rings is 2. The Morgan fingerprint density at radius 2 is 1.83 bits per heavy atom. The fraction of sp³-hybridized carbons (Fsp3) is 0.318. The van der Waals surface area contributed by atoms with Crippen molar-refractivity contribution in [2.45, 2.75) is 26.3 Å². The average molecular weight is 410 g/mol. The van der Waals surface area contributed by atoms with Crippen molar-refractivity contribution in [1.29, 1.82) is 0 Å². The molecule has 0 saturated heterocycles. The van der Waals surface area contributed by atoms with Crippen LogP contribution >= 0.6 is 0 Å². The molecule has 1 atom stereocenters. The van der Waals surface area contributed by atoms with Crippen LogP contribution in [-0.4, -0.2) is 37.5 Å². The number of anilines is 3.